The predicted molar refractivity (Wildman–Crippen MR) is 168 cm³/mol. The molecule has 0 N–H and O–H groups in total. The van der Waals surface area contributed by atoms with Gasteiger partial charge in [0.15, 0.2) is 0 Å². The number of rotatable bonds is 15. The van der Waals surface area contributed by atoms with Gasteiger partial charge < -0.3 is 9.47 Å². The van der Waals surface area contributed by atoms with Crippen LogP contribution in [0.4, 0.5) is 39.5 Å². The van der Waals surface area contributed by atoms with Gasteiger partial charge in [0.2, 0.25) is 0 Å². The Kier molecular flexibility index (Phi) is 11.3. The maximum absolute atomic E-state index is 15.3. The minimum atomic E-state index is -7.50. The fourth-order valence-corrected chi connectivity index (χ4v) is 11.4. The van der Waals surface area contributed by atoms with Crippen LogP contribution in [0.2, 0.25) is 0 Å². The molecule has 0 atom stereocenters. The SMILES string of the molecule is CCCOc1ccc(S(OS(=O)(=O)C(F)(F)C(F)(F)C(F)(F)C(F)(F)F)(c2ccc(OCCC)cc2)c2ccc(-c3ccccc3)s2)cc1. The van der Waals surface area contributed by atoms with Crippen LogP contribution in [0.25, 0.3) is 10.4 Å². The summed E-state index contributed by atoms with van der Waals surface area (Å²) in [6.45, 7) is 4.13. The number of thiophene rings is 1. The van der Waals surface area contributed by atoms with Crippen LogP contribution in [-0.4, -0.2) is 44.9 Å². The van der Waals surface area contributed by atoms with Crippen LogP contribution in [-0.2, 0) is 13.7 Å². The molecule has 0 aliphatic heterocycles. The molecule has 4 aromatic rings. The molecule has 1 heterocycles. The van der Waals surface area contributed by atoms with E-state index in [4.69, 9.17) is 13.1 Å². The predicted octanol–water partition coefficient (Wildman–Crippen LogP) is 11.0. The monoisotopic (exact) mass is 760 g/mol. The summed E-state index contributed by atoms with van der Waals surface area (Å²) >= 11 is 0.812. The fraction of sp³-hybridized carbons (Fsp3) is 0.312. The highest BCUT2D eigenvalue weighted by Crippen LogP contribution is 2.73. The number of halogens is 9. The van der Waals surface area contributed by atoms with Crippen LogP contribution in [0.5, 0.6) is 11.5 Å². The molecule has 4 rings (SSSR count). The van der Waals surface area contributed by atoms with Crippen molar-refractivity contribution >= 4 is 31.8 Å². The highest BCUT2D eigenvalue weighted by atomic mass is 32.3. The molecular formula is C32H29F9O5S3. The Labute approximate surface area is 282 Å². The Morgan fingerprint density at radius 2 is 1.08 bits per heavy atom. The van der Waals surface area contributed by atoms with Gasteiger partial charge in [0.05, 0.1) is 17.4 Å². The van der Waals surface area contributed by atoms with Gasteiger partial charge in [-0.15, -0.1) is 11.3 Å². The number of ether oxygens (including phenoxy) is 2. The number of hydrogen-bond acceptors (Lipinski definition) is 6. The van der Waals surface area contributed by atoms with E-state index in [0.29, 0.717) is 23.3 Å². The maximum Gasteiger partial charge on any atom is 0.460 e. The zero-order chi connectivity index (χ0) is 36.3. The van der Waals surface area contributed by atoms with Crippen molar-refractivity contribution in [3.8, 4) is 21.9 Å². The summed E-state index contributed by atoms with van der Waals surface area (Å²) in [4.78, 5) is -0.00409. The minimum Gasteiger partial charge on any atom is -0.494 e. The van der Waals surface area contributed by atoms with E-state index in [9.17, 15) is 39.2 Å². The van der Waals surface area contributed by atoms with Gasteiger partial charge in [0.1, 0.15) is 11.5 Å². The van der Waals surface area contributed by atoms with Crippen molar-refractivity contribution < 1.29 is 61.0 Å². The van der Waals surface area contributed by atoms with Gasteiger partial charge >= 0.3 is 33.4 Å². The van der Waals surface area contributed by atoms with Crippen LogP contribution in [0.1, 0.15) is 26.7 Å². The molecule has 0 spiro atoms. The van der Waals surface area contributed by atoms with E-state index >= 15 is 8.78 Å². The lowest BCUT2D eigenvalue weighted by molar-refractivity contribution is -0.382. The average Bonchev–Trinajstić information content (AvgIpc) is 3.56. The third kappa shape index (κ3) is 7.25. The summed E-state index contributed by atoms with van der Waals surface area (Å²) in [5, 5.41) is -7.09. The highest BCUT2D eigenvalue weighted by Gasteiger charge is 2.86. The molecule has 0 bridgehead atoms. The molecule has 0 saturated heterocycles. The topological polar surface area (TPSA) is 61.8 Å². The molecule has 1 aromatic heterocycles. The van der Waals surface area contributed by atoms with Gasteiger partial charge in [-0.05, 0) is 89.4 Å². The van der Waals surface area contributed by atoms with E-state index in [1.165, 1.54) is 60.7 Å². The molecule has 5 nitrogen and oxygen atoms in total. The molecular weight excluding hydrogens is 732 g/mol. The van der Waals surface area contributed by atoms with Gasteiger partial charge in [-0.1, -0.05) is 44.2 Å². The van der Waals surface area contributed by atoms with Gasteiger partial charge in [0, 0.05) is 14.7 Å². The second kappa shape index (κ2) is 14.4. The lowest BCUT2D eigenvalue weighted by atomic mass is 10.1. The van der Waals surface area contributed by atoms with E-state index in [2.05, 4.69) is 0 Å². The molecule has 49 heavy (non-hydrogen) atoms. The first-order valence-electron chi connectivity index (χ1n) is 14.5. The third-order valence-corrected chi connectivity index (χ3v) is 13.7. The minimum absolute atomic E-state index is 0.152. The lowest BCUT2D eigenvalue weighted by Gasteiger charge is -2.40. The van der Waals surface area contributed by atoms with Crippen LogP contribution in [0.15, 0.2) is 105 Å². The van der Waals surface area contributed by atoms with Crippen molar-refractivity contribution in [1.29, 1.82) is 0 Å². The molecule has 3 aromatic carbocycles. The Morgan fingerprint density at radius 3 is 1.51 bits per heavy atom. The van der Waals surface area contributed by atoms with Crippen molar-refractivity contribution in [3.05, 3.63) is 91.0 Å². The summed E-state index contributed by atoms with van der Waals surface area (Å²) in [5.74, 6) is -14.5. The van der Waals surface area contributed by atoms with Gasteiger partial charge in [0.25, 0.3) is 0 Å². The van der Waals surface area contributed by atoms with E-state index in [0.717, 1.165) is 11.3 Å². The quantitative estimate of drug-likeness (QED) is 0.113. The van der Waals surface area contributed by atoms with Crippen LogP contribution < -0.4 is 9.47 Å². The van der Waals surface area contributed by atoms with Crippen molar-refractivity contribution in [1.82, 2.24) is 0 Å². The number of alkyl halides is 9. The Hall–Kier alpha value is -3.41. The maximum atomic E-state index is 15.3. The van der Waals surface area contributed by atoms with Crippen molar-refractivity contribution in [2.45, 2.75) is 64.0 Å². The molecule has 0 aliphatic carbocycles. The zero-order valence-electron chi connectivity index (χ0n) is 25.7. The van der Waals surface area contributed by atoms with Crippen LogP contribution in [0.3, 0.4) is 0 Å². The zero-order valence-corrected chi connectivity index (χ0v) is 28.1. The first-order valence-corrected chi connectivity index (χ1v) is 18.2. The first-order chi connectivity index (χ1) is 22.9. The first kappa shape index (κ1) is 38.4. The lowest BCUT2D eigenvalue weighted by Crippen LogP contribution is -2.63. The second-order valence-corrected chi connectivity index (χ2v) is 16.2. The molecule has 0 saturated carbocycles. The Bertz CT molecular complexity index is 1740. The summed E-state index contributed by atoms with van der Waals surface area (Å²) in [6.07, 6.45) is -6.07. The largest absolute Gasteiger partial charge is 0.494 e. The molecule has 0 aliphatic rings. The molecule has 0 fully saturated rings. The Morgan fingerprint density at radius 1 is 0.612 bits per heavy atom. The summed E-state index contributed by atoms with van der Waals surface area (Å²) < 4.78 is 169. The summed E-state index contributed by atoms with van der Waals surface area (Å²) in [5.41, 5.74) is 0.572. The fourth-order valence-electron chi connectivity index (χ4n) is 4.30. The van der Waals surface area contributed by atoms with E-state index in [-0.39, 0.29) is 38.7 Å². The van der Waals surface area contributed by atoms with Gasteiger partial charge in [-0.3, -0.25) is 0 Å². The molecule has 268 valence electrons. The summed E-state index contributed by atoms with van der Waals surface area (Å²) in [7, 11) is -11.5. The van der Waals surface area contributed by atoms with E-state index < -0.39 is 43.7 Å². The normalized spacial score (nSPS) is 13.7. The molecule has 0 radical (unpaired) electrons. The van der Waals surface area contributed by atoms with Crippen molar-refractivity contribution in [3.63, 3.8) is 0 Å². The number of hydrogen-bond donors (Lipinski definition) is 0. The molecule has 17 heteroatoms. The van der Waals surface area contributed by atoms with Crippen molar-refractivity contribution in [2.24, 2.45) is 0 Å². The second-order valence-electron chi connectivity index (χ2n) is 10.4. The summed E-state index contributed by atoms with van der Waals surface area (Å²) in [6, 6.07) is 21.2. The van der Waals surface area contributed by atoms with Crippen LogP contribution >= 0.6 is 21.6 Å². The van der Waals surface area contributed by atoms with Crippen LogP contribution in [0, 0.1) is 0 Å². The van der Waals surface area contributed by atoms with Gasteiger partial charge in [-0.2, -0.15) is 47.9 Å². The molecule has 0 unspecified atom stereocenters. The van der Waals surface area contributed by atoms with E-state index in [1.807, 2.05) is 13.8 Å². The Balaban J connectivity index is 2.02. The van der Waals surface area contributed by atoms with Crippen molar-refractivity contribution in [2.75, 3.05) is 13.2 Å². The number of benzene rings is 3. The standard InChI is InChI=1S/C32H29F9O5S3/c1-3-20-44-23-10-14-25(15-11-23)48(26-16-12-24(13-17-26)45-21-4-2,28-19-18-27(47-28)22-8-6-5-7-9-22)46-49(42,43)32(40,41)30(35,36)29(33,34)31(37,38)39/h5-19H,3-4,20-21H2,1-2H3. The average molecular weight is 761 g/mol. The molecule has 0 amide bonds. The smallest absolute Gasteiger partial charge is 0.460 e. The van der Waals surface area contributed by atoms with E-state index in [1.54, 1.807) is 30.3 Å². The third-order valence-electron chi connectivity index (χ3n) is 6.80. The van der Waals surface area contributed by atoms with Gasteiger partial charge in [-0.25, -0.2) is 3.63 Å². The highest BCUT2D eigenvalue weighted by molar-refractivity contribution is 8.34.